The average Bonchev–Trinajstić information content (AvgIpc) is 3.21. The molecule has 0 radical (unpaired) electrons. The molecule has 10 heteroatoms. The Bertz CT molecular complexity index is 873. The minimum atomic E-state index is -4.32. The van der Waals surface area contributed by atoms with Crippen LogP contribution in [0.3, 0.4) is 0 Å². The first-order valence-electron chi connectivity index (χ1n) is 9.62. The van der Waals surface area contributed by atoms with Crippen molar-refractivity contribution in [2.75, 3.05) is 33.6 Å². The van der Waals surface area contributed by atoms with Crippen LogP contribution in [0, 0.1) is 0 Å². The van der Waals surface area contributed by atoms with Crippen LogP contribution in [0.15, 0.2) is 47.5 Å². The molecular formula is C21H24F3N3O4. The smallest absolute Gasteiger partial charge is 0.411 e. The Labute approximate surface area is 178 Å². The van der Waals surface area contributed by atoms with Crippen molar-refractivity contribution in [2.24, 2.45) is 4.99 Å². The fourth-order valence-corrected chi connectivity index (χ4v) is 2.75. The Kier molecular flexibility index (Phi) is 7.82. The zero-order valence-corrected chi connectivity index (χ0v) is 17.0. The van der Waals surface area contributed by atoms with Crippen molar-refractivity contribution in [3.05, 3.63) is 53.6 Å². The molecule has 3 rings (SSSR count). The molecule has 0 atom stereocenters. The summed E-state index contributed by atoms with van der Waals surface area (Å²) in [6.07, 6.45) is -4.32. The number of nitrogens with zero attached hydrogens (tertiary/aromatic N) is 1. The summed E-state index contributed by atoms with van der Waals surface area (Å²) >= 11 is 0. The van der Waals surface area contributed by atoms with Crippen LogP contribution in [0.2, 0.25) is 0 Å². The first-order chi connectivity index (χ1) is 14.9. The maximum absolute atomic E-state index is 12.1. The molecule has 0 aromatic heterocycles. The number of hydrogen-bond acceptors (Lipinski definition) is 5. The average molecular weight is 439 g/mol. The lowest BCUT2D eigenvalue weighted by Gasteiger charge is -2.13. The molecular weight excluding hydrogens is 415 g/mol. The quantitative estimate of drug-likeness (QED) is 0.355. The van der Waals surface area contributed by atoms with Crippen LogP contribution in [0.25, 0.3) is 0 Å². The van der Waals surface area contributed by atoms with E-state index >= 15 is 0 Å². The minimum Gasteiger partial charge on any atom is -0.492 e. The Morgan fingerprint density at radius 1 is 1.03 bits per heavy atom. The van der Waals surface area contributed by atoms with Crippen LogP contribution in [0.4, 0.5) is 13.2 Å². The van der Waals surface area contributed by atoms with E-state index < -0.39 is 12.8 Å². The van der Waals surface area contributed by atoms with Crippen LogP contribution < -0.4 is 24.8 Å². The Balaban J connectivity index is 1.34. The van der Waals surface area contributed by atoms with Crippen LogP contribution in [0.5, 0.6) is 17.2 Å². The molecule has 1 heterocycles. The molecule has 0 saturated heterocycles. The van der Waals surface area contributed by atoms with Gasteiger partial charge in [-0.05, 0) is 23.3 Å². The minimum absolute atomic E-state index is 0.0835. The van der Waals surface area contributed by atoms with E-state index in [-0.39, 0.29) is 13.4 Å². The number of rotatable bonds is 9. The molecule has 1 aliphatic rings. The fraction of sp³-hybridized carbons (Fsp3) is 0.381. The van der Waals surface area contributed by atoms with E-state index in [0.717, 1.165) is 5.56 Å². The molecule has 1 aliphatic heterocycles. The largest absolute Gasteiger partial charge is 0.492 e. The summed E-state index contributed by atoms with van der Waals surface area (Å²) in [5.74, 6) is 2.66. The molecule has 0 saturated carbocycles. The van der Waals surface area contributed by atoms with Gasteiger partial charge >= 0.3 is 6.18 Å². The van der Waals surface area contributed by atoms with Crippen molar-refractivity contribution in [3.8, 4) is 17.2 Å². The number of fused-ring (bicyclic) bond motifs is 1. The van der Waals surface area contributed by atoms with Crippen molar-refractivity contribution >= 4 is 5.96 Å². The third-order valence-electron chi connectivity index (χ3n) is 4.25. The molecule has 31 heavy (non-hydrogen) atoms. The second-order valence-electron chi connectivity index (χ2n) is 6.64. The van der Waals surface area contributed by atoms with Gasteiger partial charge in [0.15, 0.2) is 17.5 Å². The Morgan fingerprint density at radius 2 is 1.77 bits per heavy atom. The lowest BCUT2D eigenvalue weighted by molar-refractivity contribution is -0.176. The molecule has 0 bridgehead atoms. The molecule has 7 nitrogen and oxygen atoms in total. The van der Waals surface area contributed by atoms with E-state index in [2.05, 4.69) is 20.4 Å². The highest BCUT2D eigenvalue weighted by Crippen LogP contribution is 2.34. The number of hydrogen-bond donors (Lipinski definition) is 2. The summed E-state index contributed by atoms with van der Waals surface area (Å²) < 4.78 is 57.3. The van der Waals surface area contributed by atoms with E-state index in [1.54, 1.807) is 31.3 Å². The molecule has 168 valence electrons. The van der Waals surface area contributed by atoms with Gasteiger partial charge in [0.1, 0.15) is 19.0 Å². The predicted molar refractivity (Wildman–Crippen MR) is 108 cm³/mol. The van der Waals surface area contributed by atoms with Gasteiger partial charge in [-0.3, -0.25) is 4.99 Å². The number of alkyl halides is 3. The normalized spacial score (nSPS) is 13.2. The Hall–Kier alpha value is -3.14. The Morgan fingerprint density at radius 3 is 2.52 bits per heavy atom. The van der Waals surface area contributed by atoms with Crippen LogP contribution >= 0.6 is 0 Å². The fourth-order valence-electron chi connectivity index (χ4n) is 2.75. The lowest BCUT2D eigenvalue weighted by atomic mass is 10.1. The summed E-state index contributed by atoms with van der Waals surface area (Å²) in [6.45, 7) is 0.344. The number of guanidine groups is 1. The van der Waals surface area contributed by atoms with Crippen molar-refractivity contribution < 1.29 is 32.1 Å². The number of halogens is 3. The van der Waals surface area contributed by atoms with Crippen LogP contribution in [0.1, 0.15) is 11.1 Å². The van der Waals surface area contributed by atoms with E-state index in [4.69, 9.17) is 14.2 Å². The number of ether oxygens (including phenoxy) is 4. The maximum Gasteiger partial charge on any atom is 0.411 e. The summed E-state index contributed by atoms with van der Waals surface area (Å²) in [4.78, 5) is 4.15. The SMILES string of the molecule is CN=C(NCCOc1ccc2c(c1)OCO2)NCc1ccc(COCC(F)(F)F)cc1. The van der Waals surface area contributed by atoms with Gasteiger partial charge in [0.25, 0.3) is 0 Å². The topological polar surface area (TPSA) is 73.3 Å². The number of aliphatic imine (C=N–C) groups is 1. The van der Waals surface area contributed by atoms with Crippen molar-refractivity contribution in [1.82, 2.24) is 10.6 Å². The van der Waals surface area contributed by atoms with Crippen molar-refractivity contribution in [2.45, 2.75) is 19.3 Å². The maximum atomic E-state index is 12.1. The molecule has 0 aliphatic carbocycles. The second kappa shape index (κ2) is 10.8. The molecule has 2 N–H and O–H groups in total. The molecule has 0 fully saturated rings. The third-order valence-corrected chi connectivity index (χ3v) is 4.25. The highest BCUT2D eigenvalue weighted by molar-refractivity contribution is 5.79. The van der Waals surface area contributed by atoms with Crippen LogP contribution in [-0.4, -0.2) is 45.7 Å². The predicted octanol–water partition coefficient (Wildman–Crippen LogP) is 3.24. The first-order valence-corrected chi connectivity index (χ1v) is 9.62. The monoisotopic (exact) mass is 439 g/mol. The van der Waals surface area contributed by atoms with Crippen molar-refractivity contribution in [3.63, 3.8) is 0 Å². The van der Waals surface area contributed by atoms with E-state index in [0.29, 0.717) is 48.5 Å². The molecule has 2 aromatic rings. The first kappa shape index (κ1) is 22.5. The molecule has 0 spiro atoms. The zero-order chi connectivity index (χ0) is 22.1. The molecule has 2 aromatic carbocycles. The van der Waals surface area contributed by atoms with Crippen molar-refractivity contribution in [1.29, 1.82) is 0 Å². The van der Waals surface area contributed by atoms with Gasteiger partial charge in [0.05, 0.1) is 13.2 Å². The van der Waals surface area contributed by atoms with Gasteiger partial charge in [-0.2, -0.15) is 13.2 Å². The van der Waals surface area contributed by atoms with Gasteiger partial charge in [-0.1, -0.05) is 24.3 Å². The number of nitrogens with one attached hydrogen (secondary N) is 2. The van der Waals surface area contributed by atoms with Gasteiger partial charge in [-0.15, -0.1) is 0 Å². The summed E-state index contributed by atoms with van der Waals surface area (Å²) in [6, 6.07) is 12.5. The summed E-state index contributed by atoms with van der Waals surface area (Å²) in [7, 11) is 1.66. The zero-order valence-electron chi connectivity index (χ0n) is 17.0. The summed E-state index contributed by atoms with van der Waals surface area (Å²) in [5.41, 5.74) is 1.63. The lowest BCUT2D eigenvalue weighted by Crippen LogP contribution is -2.38. The van der Waals surface area contributed by atoms with Gasteiger partial charge in [-0.25, -0.2) is 0 Å². The van der Waals surface area contributed by atoms with Gasteiger partial charge in [0.2, 0.25) is 6.79 Å². The highest BCUT2D eigenvalue weighted by atomic mass is 19.4. The second-order valence-corrected chi connectivity index (χ2v) is 6.64. The van der Waals surface area contributed by atoms with E-state index in [1.165, 1.54) is 0 Å². The molecule has 0 unspecified atom stereocenters. The third kappa shape index (κ3) is 7.56. The summed E-state index contributed by atoms with van der Waals surface area (Å²) in [5, 5.41) is 6.31. The van der Waals surface area contributed by atoms with E-state index in [1.807, 2.05) is 18.2 Å². The van der Waals surface area contributed by atoms with Gasteiger partial charge in [0, 0.05) is 19.7 Å². The molecule has 0 amide bonds. The van der Waals surface area contributed by atoms with E-state index in [9.17, 15) is 13.2 Å². The highest BCUT2D eigenvalue weighted by Gasteiger charge is 2.27. The van der Waals surface area contributed by atoms with Gasteiger partial charge < -0.3 is 29.6 Å². The van der Waals surface area contributed by atoms with Crippen LogP contribution in [-0.2, 0) is 17.9 Å². The number of benzene rings is 2. The standard InChI is InChI=1S/C21H24F3N3O4/c1-25-20(26-8-9-29-17-6-7-18-19(10-17)31-14-30-18)27-11-15-2-4-16(5-3-15)12-28-13-21(22,23)24/h2-7,10H,8-9,11-14H2,1H3,(H2,25,26,27).